The first kappa shape index (κ1) is 69.0. The molecule has 1 aromatic carbocycles. The van der Waals surface area contributed by atoms with Gasteiger partial charge in [0.25, 0.3) is 0 Å². The molecule has 23 N–H and O–H groups in total. The number of benzene rings is 1. The van der Waals surface area contributed by atoms with E-state index in [4.69, 9.17) is 28.7 Å². The summed E-state index contributed by atoms with van der Waals surface area (Å²) >= 11 is 0. The Morgan fingerprint density at radius 2 is 1.03 bits per heavy atom. The van der Waals surface area contributed by atoms with E-state index in [1.165, 1.54) is 20.8 Å². The molecule has 442 valence electrons. The number of amides is 12. The molecule has 31 nitrogen and oxygen atoms in total. The van der Waals surface area contributed by atoms with Crippen LogP contribution >= 0.6 is 0 Å². The number of guanidine groups is 1. The van der Waals surface area contributed by atoms with Crippen molar-refractivity contribution in [2.24, 2.45) is 45.5 Å². The number of hydrogen-bond acceptors (Lipinski definition) is 17. The Morgan fingerprint density at radius 3 is 1.52 bits per heavy atom. The van der Waals surface area contributed by atoms with Gasteiger partial charge in [-0.05, 0) is 57.4 Å². The quantitative estimate of drug-likeness (QED) is 0.0170. The number of aliphatic hydroxyl groups is 3. The second-order valence-electron chi connectivity index (χ2n) is 19.3. The van der Waals surface area contributed by atoms with Crippen molar-refractivity contribution >= 4 is 76.8 Å². The zero-order valence-corrected chi connectivity index (χ0v) is 45.3. The number of aliphatic imine (C=N–C) groups is 1. The maximum atomic E-state index is 14.0. The number of rotatable bonds is 35. The number of nitrogens with two attached hydrogens (primary N) is 5. The summed E-state index contributed by atoms with van der Waals surface area (Å²) in [4.78, 5) is 160. The van der Waals surface area contributed by atoms with Gasteiger partial charge in [0.1, 0.15) is 60.4 Å². The number of nitrogens with zero attached hydrogens (tertiary/aromatic N) is 1. The fourth-order valence-corrected chi connectivity index (χ4v) is 7.05. The molecule has 31 heteroatoms. The zero-order chi connectivity index (χ0) is 60.3. The van der Waals surface area contributed by atoms with Crippen molar-refractivity contribution in [2.75, 3.05) is 26.3 Å². The van der Waals surface area contributed by atoms with Crippen molar-refractivity contribution in [3.63, 3.8) is 0 Å². The molecule has 12 amide bonds. The molecule has 0 aliphatic carbocycles. The first-order chi connectivity index (χ1) is 36.9. The van der Waals surface area contributed by atoms with Gasteiger partial charge < -0.3 is 97.2 Å². The Morgan fingerprint density at radius 1 is 0.544 bits per heavy atom. The normalized spacial score (nSPS) is 15.2. The molecule has 0 saturated carbocycles. The predicted molar refractivity (Wildman–Crippen MR) is 283 cm³/mol. The van der Waals surface area contributed by atoms with Crippen molar-refractivity contribution in [1.82, 2.24) is 53.2 Å². The maximum absolute atomic E-state index is 14.0. The third kappa shape index (κ3) is 25.8. The van der Waals surface area contributed by atoms with E-state index in [-0.39, 0.29) is 44.1 Å². The van der Waals surface area contributed by atoms with Gasteiger partial charge >= 0.3 is 0 Å². The minimum absolute atomic E-state index is 0.0205. The number of carbonyl (C=O) groups is 12. The lowest BCUT2D eigenvalue weighted by atomic mass is 10.0. The zero-order valence-electron chi connectivity index (χ0n) is 45.3. The van der Waals surface area contributed by atoms with Gasteiger partial charge in [-0.1, -0.05) is 58.0 Å². The van der Waals surface area contributed by atoms with Crippen LogP contribution < -0.4 is 81.8 Å². The van der Waals surface area contributed by atoms with Crippen molar-refractivity contribution < 1.29 is 72.9 Å². The van der Waals surface area contributed by atoms with Gasteiger partial charge in [-0.3, -0.25) is 62.5 Å². The topological polar surface area (TPSA) is 528 Å². The highest BCUT2D eigenvalue weighted by molar-refractivity contribution is 5.99. The first-order valence-corrected chi connectivity index (χ1v) is 25.2. The first-order valence-electron chi connectivity index (χ1n) is 25.2. The largest absolute Gasteiger partial charge is 0.394 e. The molecular weight excluding hydrogens is 1040 g/mol. The molecule has 0 bridgehead atoms. The number of aliphatic hydroxyl groups excluding tert-OH is 3. The molecule has 0 saturated heterocycles. The molecule has 0 aromatic heterocycles. The molecule has 11 atom stereocenters. The van der Waals surface area contributed by atoms with E-state index in [1.807, 2.05) is 0 Å². The Bertz CT molecular complexity index is 2300. The molecule has 0 radical (unpaired) electrons. The summed E-state index contributed by atoms with van der Waals surface area (Å²) in [6.07, 6.45) is -1.92. The molecular formula is C48H80N16O15. The summed E-state index contributed by atoms with van der Waals surface area (Å²) in [6, 6.07) is -6.19. The van der Waals surface area contributed by atoms with Gasteiger partial charge in [0.15, 0.2) is 5.96 Å². The Balaban J connectivity index is 3.16. The van der Waals surface area contributed by atoms with Crippen LogP contribution in [0.3, 0.4) is 0 Å². The van der Waals surface area contributed by atoms with E-state index >= 15 is 0 Å². The van der Waals surface area contributed by atoms with Gasteiger partial charge in [-0.25, -0.2) is 0 Å². The number of nitrogens with one attached hydrogen (secondary N) is 10. The Hall–Kier alpha value is -8.03. The van der Waals surface area contributed by atoms with Crippen molar-refractivity contribution in [3.05, 3.63) is 35.9 Å². The molecule has 0 aliphatic rings. The summed E-state index contributed by atoms with van der Waals surface area (Å²) in [5.74, 6) is -12.6. The van der Waals surface area contributed by atoms with Crippen LogP contribution in [0.2, 0.25) is 0 Å². The van der Waals surface area contributed by atoms with Gasteiger partial charge in [0.2, 0.25) is 70.9 Å². The van der Waals surface area contributed by atoms with E-state index in [1.54, 1.807) is 58.0 Å². The predicted octanol–water partition coefficient (Wildman–Crippen LogP) is -8.44. The molecule has 0 unspecified atom stereocenters. The van der Waals surface area contributed by atoms with Crippen LogP contribution in [0.25, 0.3) is 0 Å². The highest BCUT2D eigenvalue weighted by atomic mass is 16.3. The van der Waals surface area contributed by atoms with E-state index in [0.717, 1.165) is 0 Å². The second-order valence-corrected chi connectivity index (χ2v) is 19.3. The van der Waals surface area contributed by atoms with Crippen LogP contribution in [-0.4, -0.2) is 185 Å². The molecule has 79 heavy (non-hydrogen) atoms. The number of carbonyl (C=O) groups excluding carboxylic acids is 12. The molecule has 0 aliphatic heterocycles. The van der Waals surface area contributed by atoms with Gasteiger partial charge in [0, 0.05) is 13.0 Å². The van der Waals surface area contributed by atoms with Gasteiger partial charge in [0.05, 0.1) is 32.3 Å². The van der Waals surface area contributed by atoms with E-state index < -0.39 is 170 Å². The summed E-state index contributed by atoms with van der Waals surface area (Å²) in [5, 5.41) is 53.0. The maximum Gasteiger partial charge on any atom is 0.245 e. The Labute approximate surface area is 456 Å². The van der Waals surface area contributed by atoms with Crippen LogP contribution in [0.1, 0.15) is 79.7 Å². The van der Waals surface area contributed by atoms with E-state index in [2.05, 4.69) is 58.2 Å². The lowest BCUT2D eigenvalue weighted by Crippen LogP contribution is -2.61. The molecule has 0 spiro atoms. The average molecular weight is 1120 g/mol. The van der Waals surface area contributed by atoms with Crippen LogP contribution in [-0.2, 0) is 64.0 Å². The Kier molecular flexibility index (Phi) is 30.3. The minimum atomic E-state index is -1.74. The monoisotopic (exact) mass is 1120 g/mol. The van der Waals surface area contributed by atoms with Crippen molar-refractivity contribution in [2.45, 2.75) is 147 Å². The van der Waals surface area contributed by atoms with Gasteiger partial charge in [-0.15, -0.1) is 0 Å². The third-order valence-corrected chi connectivity index (χ3v) is 11.5. The van der Waals surface area contributed by atoms with Crippen LogP contribution in [0.15, 0.2) is 35.3 Å². The summed E-state index contributed by atoms with van der Waals surface area (Å²) in [5.41, 5.74) is 27.6. The van der Waals surface area contributed by atoms with Crippen LogP contribution in [0.4, 0.5) is 0 Å². The SMILES string of the molecule is CC(C)C[C@H](NC(=O)[C@H](Cc1ccccc1)NC(=O)[C@H](C)NC(=O)[C@H](CC(N)=O)NC(=O)[C@H](C)NC(=O)[C@H](CO)NC(=O)[C@@H](NC(=O)[C@@H](N)[C@@H](C)O)C(C)C)C(=O)NCC(=O)N[C@@H](CO)C(=O)N[C@@H](CCCN=C(N)N)C(N)=O. The molecule has 0 heterocycles. The fraction of sp³-hybridized carbons (Fsp3) is 0.604. The van der Waals surface area contributed by atoms with Crippen molar-refractivity contribution in [3.8, 4) is 0 Å². The standard InChI is InChI=1S/C48H80N16O15/c1-22(2)16-29(41(73)55-19-35(69)58-32(20-65)45(77)59-28(38(51)70)14-11-15-54-48(52)53)62-43(75)30(17-27-12-9-8-10-13-27)60-39(71)24(5)56-42(74)31(18-34(49)68)61-40(72)25(6)57-44(76)33(21-66)63-47(79)37(23(3)4)64-46(78)36(50)26(7)67/h8-10,12-13,22-26,28-33,36-37,65-67H,11,14-21,50H2,1-7H3,(H2,49,68)(H2,51,70)(H,55,73)(H,56,74)(H,57,76)(H,58,69)(H,59,77)(H,60,71)(H,61,72)(H,62,75)(H,63,79)(H,64,78)(H4,52,53,54)/t24-,25-,26+,28-,29-,30-,31-,32-,33-,36-,37-/m0/s1. The number of hydrogen-bond donors (Lipinski definition) is 18. The third-order valence-electron chi connectivity index (χ3n) is 11.5. The lowest BCUT2D eigenvalue weighted by molar-refractivity contribution is -0.136. The minimum Gasteiger partial charge on any atom is -0.394 e. The van der Waals surface area contributed by atoms with Crippen LogP contribution in [0.5, 0.6) is 0 Å². The smallest absolute Gasteiger partial charge is 0.245 e. The summed E-state index contributed by atoms with van der Waals surface area (Å²) in [6.45, 7) is 7.76. The molecule has 0 fully saturated rings. The van der Waals surface area contributed by atoms with Crippen LogP contribution in [0, 0.1) is 11.8 Å². The summed E-state index contributed by atoms with van der Waals surface area (Å²) in [7, 11) is 0. The van der Waals surface area contributed by atoms with Crippen molar-refractivity contribution in [1.29, 1.82) is 0 Å². The fourth-order valence-electron chi connectivity index (χ4n) is 7.05. The average Bonchev–Trinajstić information content (AvgIpc) is 3.37. The summed E-state index contributed by atoms with van der Waals surface area (Å²) < 4.78 is 0. The van der Waals surface area contributed by atoms with Gasteiger partial charge in [-0.2, -0.15) is 0 Å². The van der Waals surface area contributed by atoms with E-state index in [0.29, 0.717) is 5.56 Å². The highest BCUT2D eigenvalue weighted by Crippen LogP contribution is 2.10. The molecule has 1 aromatic rings. The number of primary amides is 2. The second kappa shape index (κ2) is 34.7. The van der Waals surface area contributed by atoms with E-state index in [9.17, 15) is 72.9 Å². The molecule has 1 rings (SSSR count). The lowest BCUT2D eigenvalue weighted by Gasteiger charge is -2.27. The highest BCUT2D eigenvalue weighted by Gasteiger charge is 2.35.